The number of esters is 1. The first kappa shape index (κ1) is 23.1. The lowest BCUT2D eigenvalue weighted by molar-refractivity contribution is -0.138. The van der Waals surface area contributed by atoms with Crippen molar-refractivity contribution in [1.29, 1.82) is 0 Å². The van der Waals surface area contributed by atoms with Gasteiger partial charge in [-0.3, -0.25) is 0 Å². The highest BCUT2D eigenvalue weighted by Gasteiger charge is 2.38. The van der Waals surface area contributed by atoms with E-state index < -0.39 is 25.2 Å². The van der Waals surface area contributed by atoms with Crippen molar-refractivity contribution in [3.63, 3.8) is 0 Å². The van der Waals surface area contributed by atoms with Crippen LogP contribution in [-0.4, -0.2) is 37.8 Å². The molecular weight excluding hydrogens is 352 g/mol. The number of hydrogen-bond donors (Lipinski definition) is 0. The summed E-state index contributed by atoms with van der Waals surface area (Å²) in [6.07, 6.45) is 0.794. The molecule has 0 saturated carbocycles. The van der Waals surface area contributed by atoms with Crippen molar-refractivity contribution < 1.29 is 17.8 Å². The molecule has 0 heterocycles. The molecule has 0 atom stereocenters. The Bertz CT molecular complexity index is 540. The molecule has 0 amide bonds. The predicted molar refractivity (Wildman–Crippen MR) is 107 cm³/mol. The summed E-state index contributed by atoms with van der Waals surface area (Å²) in [5.41, 5.74) is 7.93. The van der Waals surface area contributed by atoms with Crippen molar-refractivity contribution in [2.75, 3.05) is 6.61 Å². The zero-order valence-corrected chi connectivity index (χ0v) is 19.2. The van der Waals surface area contributed by atoms with Crippen LogP contribution in [0.2, 0.25) is 45.3 Å². The van der Waals surface area contributed by atoms with Gasteiger partial charge >= 0.3 is 14.5 Å². The van der Waals surface area contributed by atoms with Gasteiger partial charge in [0.25, 0.3) is 0 Å². The van der Waals surface area contributed by atoms with Gasteiger partial charge < -0.3 is 13.0 Å². The molecule has 0 saturated heterocycles. The van der Waals surface area contributed by atoms with Crippen molar-refractivity contribution in [1.82, 2.24) is 0 Å². The highest BCUT2D eigenvalue weighted by molar-refractivity contribution is 6.89. The first-order valence-electron chi connectivity index (χ1n) is 8.15. The number of carbonyl (C=O) groups excluding carboxylic acids is 1. The van der Waals surface area contributed by atoms with Crippen LogP contribution >= 0.6 is 0 Å². The Morgan fingerprint density at radius 1 is 1.12 bits per heavy atom. The molecule has 0 N–H and O–H groups in total. The van der Waals surface area contributed by atoms with Gasteiger partial charge in [-0.2, -0.15) is 0 Å². The fourth-order valence-corrected chi connectivity index (χ4v) is 15.4. The van der Waals surface area contributed by atoms with Crippen LogP contribution in [0.15, 0.2) is 35.9 Å². The molecule has 0 unspecified atom stereocenters. The van der Waals surface area contributed by atoms with E-state index in [4.69, 9.17) is 13.0 Å². The average molecular weight is 385 g/mol. The molecular formula is C17H32O4Si3. The second kappa shape index (κ2) is 9.53. The van der Waals surface area contributed by atoms with E-state index >= 15 is 0 Å². The topological polar surface area (TPSA) is 44.8 Å². The fraction of sp³-hybridized carbons (Fsp3) is 0.588. The molecule has 136 valence electrons. The van der Waals surface area contributed by atoms with Gasteiger partial charge in [0, 0.05) is 5.57 Å². The van der Waals surface area contributed by atoms with E-state index in [0.29, 0.717) is 12.2 Å². The maximum Gasteiger partial charge on any atom is 0.333 e. The van der Waals surface area contributed by atoms with Gasteiger partial charge in [-0.15, -0.1) is 0 Å². The molecule has 0 aromatic rings. The zero-order chi connectivity index (χ0) is 19.0. The Kier molecular flexibility index (Phi) is 9.17. The number of ether oxygens (including phenoxy) is 1. The third-order valence-electron chi connectivity index (χ3n) is 3.06. The normalized spacial score (nSPS) is 12.1. The standard InChI is InChI=1S/C17H32O4Si3/c1-10-11-14-22(4,5)20-24(8,9)21-23(6,7)15-12-13-19-17(18)16(2)3/h14H,1-2,12-13,15H2,3-9H3. The van der Waals surface area contributed by atoms with Crippen molar-refractivity contribution in [3.8, 4) is 0 Å². The fourth-order valence-electron chi connectivity index (χ4n) is 2.41. The van der Waals surface area contributed by atoms with Crippen LogP contribution in [0.3, 0.4) is 0 Å². The van der Waals surface area contributed by atoms with E-state index in [2.05, 4.69) is 63.9 Å². The van der Waals surface area contributed by atoms with Gasteiger partial charge in [0.2, 0.25) is 8.32 Å². The molecule has 0 aliphatic rings. The Morgan fingerprint density at radius 2 is 1.71 bits per heavy atom. The Labute approximate surface area is 150 Å². The van der Waals surface area contributed by atoms with E-state index in [-0.39, 0.29) is 5.97 Å². The smallest absolute Gasteiger partial charge is 0.333 e. The minimum Gasteiger partial charge on any atom is -0.462 e. The first-order chi connectivity index (χ1) is 10.8. The molecule has 0 aliphatic heterocycles. The second-order valence-electron chi connectivity index (χ2n) is 7.45. The lowest BCUT2D eigenvalue weighted by atomic mass is 10.4. The Balaban J connectivity index is 4.55. The predicted octanol–water partition coefficient (Wildman–Crippen LogP) is 4.68. The van der Waals surface area contributed by atoms with Crippen LogP contribution in [0.5, 0.6) is 0 Å². The van der Waals surface area contributed by atoms with Crippen LogP contribution in [0.4, 0.5) is 0 Å². The van der Waals surface area contributed by atoms with Gasteiger partial charge in [0.1, 0.15) is 0 Å². The quantitative estimate of drug-likeness (QED) is 0.180. The maximum absolute atomic E-state index is 11.4. The second-order valence-corrected chi connectivity index (χ2v) is 19.4. The molecule has 0 fully saturated rings. The highest BCUT2D eigenvalue weighted by Crippen LogP contribution is 2.24. The van der Waals surface area contributed by atoms with Crippen molar-refractivity contribution >= 4 is 31.2 Å². The summed E-state index contributed by atoms with van der Waals surface area (Å²) in [6.45, 7) is 21.9. The molecule has 0 bridgehead atoms. The van der Waals surface area contributed by atoms with E-state index in [0.717, 1.165) is 12.5 Å². The first-order valence-corrected chi connectivity index (χ1v) is 17.1. The molecule has 24 heavy (non-hydrogen) atoms. The summed E-state index contributed by atoms with van der Waals surface area (Å²) in [6, 6.07) is 0.917. The summed E-state index contributed by atoms with van der Waals surface area (Å²) < 4.78 is 17.9. The Morgan fingerprint density at radius 3 is 2.21 bits per heavy atom. The van der Waals surface area contributed by atoms with Crippen molar-refractivity contribution in [3.05, 3.63) is 35.9 Å². The van der Waals surface area contributed by atoms with Crippen LogP contribution in [0.1, 0.15) is 13.3 Å². The van der Waals surface area contributed by atoms with Crippen LogP contribution in [0, 0.1) is 0 Å². The SMILES string of the molecule is C=C=C=C[Si](C)(C)O[Si](C)(C)O[Si](C)(C)CCCOC(=O)C(=C)C. The van der Waals surface area contributed by atoms with E-state index in [1.54, 1.807) is 6.92 Å². The monoisotopic (exact) mass is 384 g/mol. The highest BCUT2D eigenvalue weighted by atomic mass is 28.5. The zero-order valence-electron chi connectivity index (χ0n) is 16.2. The molecule has 4 nitrogen and oxygen atoms in total. The van der Waals surface area contributed by atoms with Crippen LogP contribution in [0.25, 0.3) is 0 Å². The molecule has 0 aromatic heterocycles. The Hall–Kier alpha value is -0.919. The van der Waals surface area contributed by atoms with Gasteiger partial charge in [-0.25, -0.2) is 4.79 Å². The molecule has 0 spiro atoms. The van der Waals surface area contributed by atoms with Gasteiger partial charge in [-0.05, 0) is 70.9 Å². The largest absolute Gasteiger partial charge is 0.462 e. The summed E-state index contributed by atoms with van der Waals surface area (Å²) in [5, 5.41) is 0. The number of rotatable bonds is 10. The number of carbonyl (C=O) groups is 1. The lowest BCUT2D eigenvalue weighted by Crippen LogP contribution is -2.51. The minimum absolute atomic E-state index is 0.330. The molecule has 7 heteroatoms. The summed E-state index contributed by atoms with van der Waals surface area (Å²) in [7, 11) is -6.11. The van der Waals surface area contributed by atoms with Gasteiger partial charge in [0.15, 0.2) is 8.32 Å². The minimum atomic E-state index is -2.24. The van der Waals surface area contributed by atoms with E-state index in [1.165, 1.54) is 0 Å². The molecule has 0 rings (SSSR count). The van der Waals surface area contributed by atoms with E-state index in [1.807, 2.05) is 5.70 Å². The van der Waals surface area contributed by atoms with E-state index in [9.17, 15) is 4.79 Å². The molecule has 0 radical (unpaired) electrons. The molecule has 0 aromatic carbocycles. The van der Waals surface area contributed by atoms with Crippen molar-refractivity contribution in [2.24, 2.45) is 0 Å². The maximum atomic E-state index is 11.4. The third-order valence-corrected chi connectivity index (χ3v) is 13.7. The third kappa shape index (κ3) is 10.8. The average Bonchev–Trinajstić information content (AvgIpc) is 2.38. The summed E-state index contributed by atoms with van der Waals surface area (Å²) in [5.74, 6) is -0.330. The molecule has 0 aliphatic carbocycles. The van der Waals surface area contributed by atoms with Crippen LogP contribution < -0.4 is 0 Å². The van der Waals surface area contributed by atoms with Gasteiger partial charge in [-0.1, -0.05) is 18.0 Å². The summed E-state index contributed by atoms with van der Waals surface area (Å²) in [4.78, 5) is 11.4. The van der Waals surface area contributed by atoms with Crippen LogP contribution in [-0.2, 0) is 17.8 Å². The van der Waals surface area contributed by atoms with Gasteiger partial charge in [0.05, 0.1) is 6.61 Å². The summed E-state index contributed by atoms with van der Waals surface area (Å²) >= 11 is 0. The van der Waals surface area contributed by atoms with Crippen molar-refractivity contribution in [2.45, 2.75) is 58.7 Å². The number of hydrogen-bond acceptors (Lipinski definition) is 4. The lowest BCUT2D eigenvalue weighted by Gasteiger charge is -2.37.